The molecule has 0 spiro atoms. The van der Waals surface area contributed by atoms with Gasteiger partial charge in [0.15, 0.2) is 0 Å². The largest absolute Gasteiger partial charge is 0.348 e. The fraction of sp³-hybridized carbons (Fsp3) is 0.158. The number of fused-ring (bicyclic) bond motifs is 1. The van der Waals surface area contributed by atoms with E-state index < -0.39 is 21.9 Å². The molecule has 1 unspecified atom stereocenters. The number of nitrogens with zero attached hydrogens (tertiary/aromatic N) is 2. The third-order valence-corrected chi connectivity index (χ3v) is 6.43. The molecular weight excluding hydrogens is 339 g/mol. The van der Waals surface area contributed by atoms with E-state index in [1.165, 1.54) is 22.5 Å². The molecule has 3 aromatic rings. The Bertz CT molecular complexity index is 999. The summed E-state index contributed by atoms with van der Waals surface area (Å²) in [5.74, 6) is -0.727. The molecule has 0 fully saturated rings. The number of hydrogen-bond donors (Lipinski definition) is 0. The first-order valence-corrected chi connectivity index (χ1v) is 9.49. The van der Waals surface area contributed by atoms with E-state index in [-0.39, 0.29) is 11.4 Å². The first-order chi connectivity index (χ1) is 12.1. The Labute approximate surface area is 146 Å². The van der Waals surface area contributed by atoms with Gasteiger partial charge in [-0.2, -0.15) is 4.31 Å². The molecule has 0 radical (unpaired) electrons. The summed E-state index contributed by atoms with van der Waals surface area (Å²) in [6.45, 7) is 0.831. The Balaban J connectivity index is 1.87. The van der Waals surface area contributed by atoms with E-state index in [1.54, 1.807) is 6.07 Å². The van der Waals surface area contributed by atoms with Gasteiger partial charge in [-0.05, 0) is 29.8 Å². The molecule has 0 N–H and O–H groups in total. The Morgan fingerprint density at radius 1 is 0.880 bits per heavy atom. The molecule has 1 aliphatic heterocycles. The van der Waals surface area contributed by atoms with E-state index in [1.807, 2.05) is 53.2 Å². The first-order valence-electron chi connectivity index (χ1n) is 8.05. The summed E-state index contributed by atoms with van der Waals surface area (Å²) in [7, 11) is -3.97. The van der Waals surface area contributed by atoms with Gasteiger partial charge in [-0.1, -0.05) is 42.5 Å². The van der Waals surface area contributed by atoms with Gasteiger partial charge in [0, 0.05) is 25.0 Å². The van der Waals surface area contributed by atoms with Crippen molar-refractivity contribution in [1.82, 2.24) is 8.87 Å². The monoisotopic (exact) mass is 356 g/mol. The quantitative estimate of drug-likeness (QED) is 0.722. The zero-order chi connectivity index (χ0) is 17.4. The normalized spacial score (nSPS) is 18.0. The fourth-order valence-electron chi connectivity index (χ4n) is 3.37. The highest BCUT2D eigenvalue weighted by Crippen LogP contribution is 2.36. The van der Waals surface area contributed by atoms with Crippen LogP contribution in [0, 0.1) is 5.82 Å². The Kier molecular flexibility index (Phi) is 3.94. The molecule has 4 rings (SSSR count). The summed E-state index contributed by atoms with van der Waals surface area (Å²) in [6.07, 6.45) is 1.94. The van der Waals surface area contributed by atoms with Crippen molar-refractivity contribution in [3.63, 3.8) is 0 Å². The maximum atomic E-state index is 14.2. The van der Waals surface area contributed by atoms with Crippen molar-refractivity contribution in [3.05, 3.63) is 90.0 Å². The van der Waals surface area contributed by atoms with E-state index in [2.05, 4.69) is 0 Å². The minimum absolute atomic E-state index is 0.282. The summed E-state index contributed by atoms with van der Waals surface area (Å²) < 4.78 is 44.0. The van der Waals surface area contributed by atoms with Crippen LogP contribution in [0.15, 0.2) is 77.8 Å². The molecule has 6 heteroatoms. The van der Waals surface area contributed by atoms with Gasteiger partial charge < -0.3 is 4.57 Å². The lowest BCUT2D eigenvalue weighted by atomic mass is 10.0. The highest BCUT2D eigenvalue weighted by molar-refractivity contribution is 7.89. The lowest BCUT2D eigenvalue weighted by Gasteiger charge is -2.36. The smallest absolute Gasteiger partial charge is 0.246 e. The molecule has 2 aromatic carbocycles. The number of aromatic nitrogens is 1. The second-order valence-electron chi connectivity index (χ2n) is 5.99. The van der Waals surface area contributed by atoms with E-state index in [4.69, 9.17) is 0 Å². The maximum absolute atomic E-state index is 14.2. The van der Waals surface area contributed by atoms with Crippen molar-refractivity contribution in [3.8, 4) is 0 Å². The molecule has 0 bridgehead atoms. The van der Waals surface area contributed by atoms with E-state index in [0.29, 0.717) is 6.54 Å². The molecule has 2 heterocycles. The predicted molar refractivity (Wildman–Crippen MR) is 93.0 cm³/mol. The van der Waals surface area contributed by atoms with Crippen LogP contribution in [-0.4, -0.2) is 23.8 Å². The third-order valence-electron chi connectivity index (χ3n) is 4.53. The van der Waals surface area contributed by atoms with Crippen molar-refractivity contribution in [2.24, 2.45) is 0 Å². The van der Waals surface area contributed by atoms with Crippen LogP contribution in [0.3, 0.4) is 0 Å². The molecule has 0 amide bonds. The number of halogens is 1. The topological polar surface area (TPSA) is 42.3 Å². The summed E-state index contributed by atoms with van der Waals surface area (Å²) in [4.78, 5) is -0.282. The fourth-order valence-corrected chi connectivity index (χ4v) is 5.02. The van der Waals surface area contributed by atoms with Crippen LogP contribution in [0.4, 0.5) is 4.39 Å². The molecule has 1 aromatic heterocycles. The Morgan fingerprint density at radius 2 is 1.60 bits per heavy atom. The van der Waals surface area contributed by atoms with Crippen LogP contribution in [-0.2, 0) is 16.6 Å². The van der Waals surface area contributed by atoms with Crippen molar-refractivity contribution < 1.29 is 12.8 Å². The zero-order valence-electron chi connectivity index (χ0n) is 13.4. The highest BCUT2D eigenvalue weighted by atomic mass is 32.2. The van der Waals surface area contributed by atoms with E-state index in [9.17, 15) is 12.8 Å². The second kappa shape index (κ2) is 6.13. The lowest BCUT2D eigenvalue weighted by Crippen LogP contribution is -2.42. The van der Waals surface area contributed by atoms with Gasteiger partial charge in [0.25, 0.3) is 0 Å². The average molecular weight is 356 g/mol. The van der Waals surface area contributed by atoms with Crippen LogP contribution in [0.1, 0.15) is 17.3 Å². The van der Waals surface area contributed by atoms with Crippen LogP contribution in [0.5, 0.6) is 0 Å². The van der Waals surface area contributed by atoms with Crippen LogP contribution in [0.2, 0.25) is 0 Å². The minimum Gasteiger partial charge on any atom is -0.348 e. The summed E-state index contributed by atoms with van der Waals surface area (Å²) in [6, 6.07) is 18.3. The van der Waals surface area contributed by atoms with Crippen molar-refractivity contribution in [2.75, 3.05) is 6.54 Å². The standard InChI is InChI=1S/C19H17FN2O2S/c20-16-9-4-5-11-18(16)25(23,24)22-14-13-21-12-6-10-17(21)19(22)15-7-2-1-3-8-15/h1-12,19H,13-14H2. The second-order valence-corrected chi connectivity index (χ2v) is 7.84. The number of benzene rings is 2. The Morgan fingerprint density at radius 3 is 2.36 bits per heavy atom. The van der Waals surface area contributed by atoms with Gasteiger partial charge in [-0.15, -0.1) is 0 Å². The number of sulfonamides is 1. The number of hydrogen-bond acceptors (Lipinski definition) is 2. The summed E-state index contributed by atoms with van der Waals surface area (Å²) >= 11 is 0. The first kappa shape index (κ1) is 16.1. The van der Waals surface area contributed by atoms with E-state index in [0.717, 1.165) is 11.3 Å². The molecule has 1 aliphatic rings. The molecule has 25 heavy (non-hydrogen) atoms. The minimum atomic E-state index is -3.97. The zero-order valence-corrected chi connectivity index (χ0v) is 14.2. The lowest BCUT2D eigenvalue weighted by molar-refractivity contribution is 0.297. The molecule has 0 aliphatic carbocycles. The van der Waals surface area contributed by atoms with Crippen LogP contribution < -0.4 is 0 Å². The highest BCUT2D eigenvalue weighted by Gasteiger charge is 2.38. The number of rotatable bonds is 3. The molecule has 128 valence electrons. The van der Waals surface area contributed by atoms with Gasteiger partial charge in [0.05, 0.1) is 6.04 Å². The van der Waals surface area contributed by atoms with Gasteiger partial charge in [0.1, 0.15) is 10.7 Å². The van der Waals surface area contributed by atoms with Crippen molar-refractivity contribution >= 4 is 10.0 Å². The Hall–Kier alpha value is -2.44. The molecule has 0 saturated heterocycles. The van der Waals surface area contributed by atoms with Crippen LogP contribution >= 0.6 is 0 Å². The van der Waals surface area contributed by atoms with E-state index >= 15 is 0 Å². The van der Waals surface area contributed by atoms with Gasteiger partial charge in [-0.25, -0.2) is 12.8 Å². The summed E-state index contributed by atoms with van der Waals surface area (Å²) in [5, 5.41) is 0. The van der Waals surface area contributed by atoms with Crippen molar-refractivity contribution in [1.29, 1.82) is 0 Å². The average Bonchev–Trinajstić information content (AvgIpc) is 3.10. The molecule has 4 nitrogen and oxygen atoms in total. The van der Waals surface area contributed by atoms with Crippen molar-refractivity contribution in [2.45, 2.75) is 17.5 Å². The predicted octanol–water partition coefficient (Wildman–Crippen LogP) is 3.42. The van der Waals surface area contributed by atoms with Crippen LogP contribution in [0.25, 0.3) is 0 Å². The third kappa shape index (κ3) is 2.67. The van der Waals surface area contributed by atoms with Gasteiger partial charge in [-0.3, -0.25) is 0 Å². The van der Waals surface area contributed by atoms with Gasteiger partial charge >= 0.3 is 0 Å². The maximum Gasteiger partial charge on any atom is 0.246 e. The molecular formula is C19H17FN2O2S. The van der Waals surface area contributed by atoms with Gasteiger partial charge in [0.2, 0.25) is 10.0 Å². The SMILES string of the molecule is O=S(=O)(c1ccccc1F)N1CCn2cccc2C1c1ccccc1. The summed E-state index contributed by atoms with van der Waals surface area (Å²) in [5.41, 5.74) is 1.75. The molecule has 0 saturated carbocycles. The molecule has 1 atom stereocenters.